The van der Waals surface area contributed by atoms with Gasteiger partial charge in [0.2, 0.25) is 4.96 Å². The number of halogens is 1. The molecule has 3 rings (SSSR count). The van der Waals surface area contributed by atoms with Crippen LogP contribution in [0.25, 0.3) is 16.2 Å². The zero-order valence-corrected chi connectivity index (χ0v) is 11.7. The Bertz CT molecular complexity index is 782. The number of ether oxygens (including phenoxy) is 1. The van der Waals surface area contributed by atoms with Gasteiger partial charge in [-0.05, 0) is 17.4 Å². The molecule has 9 heteroatoms. The maximum Gasteiger partial charge on any atom is 0.294 e. The molecule has 3 aromatic rings. The fourth-order valence-corrected chi connectivity index (χ4v) is 2.60. The summed E-state index contributed by atoms with van der Waals surface area (Å²) in [5, 5.41) is 15.6. The van der Waals surface area contributed by atoms with Gasteiger partial charge < -0.3 is 4.74 Å². The third kappa shape index (κ3) is 2.08. The van der Waals surface area contributed by atoms with Gasteiger partial charge >= 0.3 is 0 Å². The lowest BCUT2D eigenvalue weighted by atomic mass is 10.1. The second-order valence-electron chi connectivity index (χ2n) is 3.85. The molecule has 0 aliphatic rings. The van der Waals surface area contributed by atoms with Gasteiger partial charge in [-0.25, -0.2) is 9.50 Å². The first-order chi connectivity index (χ1) is 9.58. The van der Waals surface area contributed by atoms with Gasteiger partial charge in [-0.3, -0.25) is 10.1 Å². The van der Waals surface area contributed by atoms with Gasteiger partial charge in [-0.1, -0.05) is 17.7 Å². The Morgan fingerprint density at radius 3 is 2.95 bits per heavy atom. The number of hydrogen-bond donors (Lipinski definition) is 0. The van der Waals surface area contributed by atoms with Crippen LogP contribution < -0.4 is 4.74 Å². The predicted molar refractivity (Wildman–Crippen MR) is 74.5 cm³/mol. The molecular formula is C11H7ClN4O3S. The van der Waals surface area contributed by atoms with Crippen LogP contribution in [0.15, 0.2) is 24.4 Å². The van der Waals surface area contributed by atoms with E-state index in [2.05, 4.69) is 10.1 Å². The minimum Gasteiger partial charge on any atom is -0.472 e. The zero-order valence-electron chi connectivity index (χ0n) is 10.1. The predicted octanol–water partition coefficient (Wildman–Crippen LogP) is 3.03. The summed E-state index contributed by atoms with van der Waals surface area (Å²) in [7, 11) is 1.53. The Morgan fingerprint density at radius 2 is 2.30 bits per heavy atom. The van der Waals surface area contributed by atoms with Gasteiger partial charge in [0, 0.05) is 11.6 Å². The average molecular weight is 311 g/mol. The second-order valence-corrected chi connectivity index (χ2v) is 5.17. The van der Waals surface area contributed by atoms with Gasteiger partial charge in [0.05, 0.1) is 23.9 Å². The van der Waals surface area contributed by atoms with Crippen LogP contribution in [-0.4, -0.2) is 26.6 Å². The molecule has 0 aliphatic heterocycles. The highest BCUT2D eigenvalue weighted by molar-refractivity contribution is 7.18. The topological polar surface area (TPSA) is 82.6 Å². The molecule has 2 aromatic heterocycles. The average Bonchev–Trinajstić information content (AvgIpc) is 2.96. The molecule has 0 fully saturated rings. The molecule has 0 spiro atoms. The van der Waals surface area contributed by atoms with Gasteiger partial charge in [0.1, 0.15) is 5.02 Å². The van der Waals surface area contributed by atoms with E-state index in [1.165, 1.54) is 30.6 Å². The Balaban J connectivity index is 2.08. The molecule has 1 aromatic carbocycles. The Kier molecular flexibility index (Phi) is 3.03. The van der Waals surface area contributed by atoms with Crippen LogP contribution in [0.2, 0.25) is 5.02 Å². The van der Waals surface area contributed by atoms with Crippen LogP contribution in [0.3, 0.4) is 0 Å². The van der Waals surface area contributed by atoms with Crippen LogP contribution >= 0.6 is 22.9 Å². The van der Waals surface area contributed by atoms with Gasteiger partial charge in [0.15, 0.2) is 0 Å². The largest absolute Gasteiger partial charge is 0.472 e. The summed E-state index contributed by atoms with van der Waals surface area (Å²) in [6.07, 6.45) is 1.68. The van der Waals surface area contributed by atoms with E-state index < -0.39 is 4.92 Å². The summed E-state index contributed by atoms with van der Waals surface area (Å²) >= 11 is 7.07. The van der Waals surface area contributed by atoms with Crippen LogP contribution in [0.5, 0.6) is 5.19 Å². The summed E-state index contributed by atoms with van der Waals surface area (Å²) in [6, 6.07) is 4.56. The van der Waals surface area contributed by atoms with E-state index in [-0.39, 0.29) is 10.7 Å². The van der Waals surface area contributed by atoms with E-state index in [0.29, 0.717) is 21.4 Å². The van der Waals surface area contributed by atoms with Crippen molar-refractivity contribution in [3.63, 3.8) is 0 Å². The molecule has 20 heavy (non-hydrogen) atoms. The monoisotopic (exact) mass is 310 g/mol. The molecule has 0 saturated carbocycles. The number of methoxy groups -OCH3 is 1. The van der Waals surface area contributed by atoms with Crippen molar-refractivity contribution in [2.45, 2.75) is 0 Å². The molecule has 0 aliphatic carbocycles. The van der Waals surface area contributed by atoms with Crippen molar-refractivity contribution in [3.05, 3.63) is 39.5 Å². The molecule has 0 bridgehead atoms. The molecule has 0 atom stereocenters. The van der Waals surface area contributed by atoms with E-state index in [1.54, 1.807) is 16.8 Å². The highest BCUT2D eigenvalue weighted by Crippen LogP contribution is 2.31. The number of hydrogen-bond acceptors (Lipinski definition) is 6. The summed E-state index contributed by atoms with van der Waals surface area (Å²) in [6.45, 7) is 0. The number of nitro benzene ring substituents is 1. The van der Waals surface area contributed by atoms with E-state index in [4.69, 9.17) is 16.3 Å². The minimum absolute atomic E-state index is 0.0968. The Morgan fingerprint density at radius 1 is 1.50 bits per heavy atom. The molecule has 0 saturated heterocycles. The molecule has 102 valence electrons. The normalized spacial score (nSPS) is 10.9. The summed E-state index contributed by atoms with van der Waals surface area (Å²) in [5.41, 5.74) is 1.05. The lowest BCUT2D eigenvalue weighted by Crippen LogP contribution is -1.90. The van der Waals surface area contributed by atoms with Crippen molar-refractivity contribution in [1.29, 1.82) is 0 Å². The lowest BCUT2D eigenvalue weighted by molar-refractivity contribution is -0.384. The number of aromatic nitrogens is 3. The first-order valence-corrected chi connectivity index (χ1v) is 6.62. The number of imidazole rings is 1. The minimum atomic E-state index is -0.522. The quantitative estimate of drug-likeness (QED) is 0.548. The molecule has 0 radical (unpaired) electrons. The number of nitro groups is 1. The van der Waals surface area contributed by atoms with E-state index in [1.807, 2.05) is 0 Å². The fourth-order valence-electron chi connectivity index (χ4n) is 1.72. The van der Waals surface area contributed by atoms with Crippen molar-refractivity contribution in [1.82, 2.24) is 14.6 Å². The number of nitrogens with zero attached hydrogens (tertiary/aromatic N) is 4. The first kappa shape index (κ1) is 12.8. The number of benzene rings is 1. The second kappa shape index (κ2) is 4.73. The van der Waals surface area contributed by atoms with Crippen molar-refractivity contribution in [3.8, 4) is 16.5 Å². The highest BCUT2D eigenvalue weighted by atomic mass is 35.5. The van der Waals surface area contributed by atoms with Crippen LogP contribution in [0.1, 0.15) is 0 Å². The molecule has 2 heterocycles. The van der Waals surface area contributed by atoms with Crippen LogP contribution in [-0.2, 0) is 0 Å². The third-order valence-corrected chi connectivity index (χ3v) is 3.84. The number of rotatable bonds is 3. The van der Waals surface area contributed by atoms with Gasteiger partial charge in [-0.15, -0.1) is 5.10 Å². The van der Waals surface area contributed by atoms with Crippen LogP contribution in [0, 0.1) is 10.1 Å². The molecule has 0 N–H and O–H groups in total. The molecule has 7 nitrogen and oxygen atoms in total. The maximum absolute atomic E-state index is 10.9. The van der Waals surface area contributed by atoms with Crippen molar-refractivity contribution >= 4 is 33.6 Å². The lowest BCUT2D eigenvalue weighted by Gasteiger charge is -1.98. The Hall–Kier alpha value is -2.19. The maximum atomic E-state index is 10.9. The van der Waals surface area contributed by atoms with Crippen molar-refractivity contribution in [2.24, 2.45) is 0 Å². The summed E-state index contributed by atoms with van der Waals surface area (Å²) in [5.74, 6) is 0. The van der Waals surface area contributed by atoms with E-state index in [0.717, 1.165) is 0 Å². The molecule has 0 amide bonds. The van der Waals surface area contributed by atoms with E-state index in [9.17, 15) is 10.1 Å². The Labute approximate surface area is 121 Å². The molecule has 0 unspecified atom stereocenters. The first-order valence-electron chi connectivity index (χ1n) is 5.43. The summed E-state index contributed by atoms with van der Waals surface area (Å²) < 4.78 is 6.58. The third-order valence-electron chi connectivity index (χ3n) is 2.64. The van der Waals surface area contributed by atoms with Crippen molar-refractivity contribution < 1.29 is 9.66 Å². The SMILES string of the molecule is COc1nn2cc(-c3ccc(Cl)c([N+](=O)[O-])c3)nc2s1. The zero-order chi connectivity index (χ0) is 14.3. The smallest absolute Gasteiger partial charge is 0.294 e. The van der Waals surface area contributed by atoms with E-state index >= 15 is 0 Å². The molecular weight excluding hydrogens is 304 g/mol. The van der Waals surface area contributed by atoms with Crippen LogP contribution in [0.4, 0.5) is 5.69 Å². The highest BCUT2D eigenvalue weighted by Gasteiger charge is 2.16. The van der Waals surface area contributed by atoms with Gasteiger partial charge in [0.25, 0.3) is 10.9 Å². The van der Waals surface area contributed by atoms with Crippen molar-refractivity contribution in [2.75, 3.05) is 7.11 Å². The van der Waals surface area contributed by atoms with Gasteiger partial charge in [-0.2, -0.15) is 0 Å². The standard InChI is InChI=1S/C11H7ClN4O3S/c1-19-11-14-15-5-8(13-10(15)20-11)6-2-3-7(12)9(4-6)16(17)18/h2-5H,1H3. The fraction of sp³-hybridized carbons (Fsp3) is 0.0909. The summed E-state index contributed by atoms with van der Waals surface area (Å²) in [4.78, 5) is 15.4. The number of fused-ring (bicyclic) bond motifs is 1.